The van der Waals surface area contributed by atoms with Gasteiger partial charge in [-0.25, -0.2) is 9.59 Å². The Morgan fingerprint density at radius 2 is 1.72 bits per heavy atom. The number of nitrogens with one attached hydrogen (secondary N) is 2. The number of carbonyl (C=O) groups is 2. The van der Waals surface area contributed by atoms with Crippen LogP contribution in [0.25, 0.3) is 0 Å². The highest BCUT2D eigenvalue weighted by Crippen LogP contribution is 2.24. The molecule has 6 heteroatoms. The molecule has 0 aliphatic rings. The maximum atomic E-state index is 11.5. The van der Waals surface area contributed by atoms with Crippen LogP contribution in [0.2, 0.25) is 0 Å². The maximum absolute atomic E-state index is 11.5. The van der Waals surface area contributed by atoms with E-state index in [1.54, 1.807) is 0 Å². The minimum absolute atomic E-state index is 0.0824. The van der Waals surface area contributed by atoms with Crippen molar-refractivity contribution in [3.8, 4) is 0 Å². The van der Waals surface area contributed by atoms with E-state index in [0.29, 0.717) is 12.5 Å². The average Bonchev–Trinajstić information content (AvgIpc) is 2.22. The average molecular weight is 260 g/mol. The minimum atomic E-state index is -1.30. The van der Waals surface area contributed by atoms with Crippen LogP contribution in [0, 0.1) is 11.3 Å². The first-order valence-electron chi connectivity index (χ1n) is 6.03. The largest absolute Gasteiger partial charge is 0.480 e. The number of carboxylic acid groups (broad SMARTS) is 1. The number of urea groups is 1. The fourth-order valence-corrected chi connectivity index (χ4v) is 1.09. The van der Waals surface area contributed by atoms with Crippen LogP contribution in [0.3, 0.4) is 0 Å². The summed E-state index contributed by atoms with van der Waals surface area (Å²) in [4.78, 5) is 22.3. The molecule has 18 heavy (non-hydrogen) atoms. The van der Waals surface area contributed by atoms with Gasteiger partial charge < -0.3 is 20.8 Å². The summed E-state index contributed by atoms with van der Waals surface area (Å²) in [5.41, 5.74) is -0.0824. The third-order valence-electron chi connectivity index (χ3n) is 3.30. The molecule has 0 saturated carbocycles. The highest BCUT2D eigenvalue weighted by molar-refractivity contribution is 5.82. The lowest BCUT2D eigenvalue weighted by Gasteiger charge is -2.29. The van der Waals surface area contributed by atoms with Crippen molar-refractivity contribution >= 4 is 12.0 Å². The summed E-state index contributed by atoms with van der Waals surface area (Å²) in [6, 6.07) is -1.89. The Labute approximate surface area is 108 Å². The number of aliphatic hydroxyl groups excluding tert-OH is 1. The molecule has 2 atom stereocenters. The van der Waals surface area contributed by atoms with Crippen LogP contribution in [0.5, 0.6) is 0 Å². The van der Waals surface area contributed by atoms with Crippen molar-refractivity contribution < 1.29 is 19.8 Å². The van der Waals surface area contributed by atoms with Crippen molar-refractivity contribution in [2.45, 2.75) is 46.8 Å². The Balaban J connectivity index is 4.31. The molecule has 0 fully saturated rings. The van der Waals surface area contributed by atoms with E-state index >= 15 is 0 Å². The Morgan fingerprint density at radius 3 is 2.06 bits per heavy atom. The fourth-order valence-electron chi connectivity index (χ4n) is 1.09. The first-order valence-corrected chi connectivity index (χ1v) is 6.03. The van der Waals surface area contributed by atoms with Crippen molar-refractivity contribution in [1.82, 2.24) is 10.6 Å². The Kier molecular flexibility index (Phi) is 6.11. The first kappa shape index (κ1) is 16.7. The van der Waals surface area contributed by atoms with Crippen LogP contribution in [-0.2, 0) is 4.79 Å². The van der Waals surface area contributed by atoms with Gasteiger partial charge in [0.05, 0.1) is 6.10 Å². The van der Waals surface area contributed by atoms with Gasteiger partial charge in [-0.15, -0.1) is 0 Å². The molecule has 0 aromatic carbocycles. The molecule has 0 bridgehead atoms. The Bertz CT molecular complexity index is 300. The van der Waals surface area contributed by atoms with Gasteiger partial charge in [0.2, 0.25) is 0 Å². The van der Waals surface area contributed by atoms with E-state index in [2.05, 4.69) is 24.5 Å². The second-order valence-corrected chi connectivity index (χ2v) is 5.53. The minimum Gasteiger partial charge on any atom is -0.480 e. The van der Waals surface area contributed by atoms with Crippen LogP contribution in [0.1, 0.15) is 34.6 Å². The molecule has 0 aromatic rings. The van der Waals surface area contributed by atoms with Crippen molar-refractivity contribution in [3.63, 3.8) is 0 Å². The van der Waals surface area contributed by atoms with Gasteiger partial charge in [0.15, 0.2) is 6.04 Å². The number of hydrogen-bond acceptors (Lipinski definition) is 3. The third-order valence-corrected chi connectivity index (χ3v) is 3.30. The van der Waals surface area contributed by atoms with Crippen molar-refractivity contribution in [1.29, 1.82) is 0 Å². The molecule has 0 spiro atoms. The van der Waals surface area contributed by atoms with Crippen LogP contribution in [-0.4, -0.2) is 40.9 Å². The predicted octanol–water partition coefficient (Wildman–Crippen LogP) is 0.802. The number of aliphatic carboxylic acids is 1. The normalized spacial score (nSPS) is 15.1. The molecule has 0 aliphatic carbocycles. The zero-order chi connectivity index (χ0) is 14.5. The van der Waals surface area contributed by atoms with Crippen LogP contribution in [0.4, 0.5) is 4.79 Å². The van der Waals surface area contributed by atoms with E-state index in [1.807, 2.05) is 13.8 Å². The van der Waals surface area contributed by atoms with Crippen molar-refractivity contribution in [2.75, 3.05) is 6.54 Å². The van der Waals surface area contributed by atoms with Gasteiger partial charge in [-0.1, -0.05) is 27.7 Å². The monoisotopic (exact) mass is 260 g/mol. The van der Waals surface area contributed by atoms with E-state index in [1.165, 1.54) is 6.92 Å². The summed E-state index contributed by atoms with van der Waals surface area (Å²) in [7, 11) is 0. The van der Waals surface area contributed by atoms with Crippen molar-refractivity contribution in [3.05, 3.63) is 0 Å². The smallest absolute Gasteiger partial charge is 0.328 e. The summed E-state index contributed by atoms with van der Waals surface area (Å²) < 4.78 is 0. The summed E-state index contributed by atoms with van der Waals surface area (Å²) in [6.45, 7) is 9.88. The lowest BCUT2D eigenvalue weighted by molar-refractivity contribution is -0.141. The number of aliphatic hydroxyl groups is 1. The predicted molar refractivity (Wildman–Crippen MR) is 68.3 cm³/mol. The van der Waals surface area contributed by atoms with Gasteiger partial charge in [-0.2, -0.15) is 0 Å². The summed E-state index contributed by atoms with van der Waals surface area (Å²) >= 11 is 0. The van der Waals surface area contributed by atoms with Crippen molar-refractivity contribution in [2.24, 2.45) is 11.3 Å². The lowest BCUT2D eigenvalue weighted by Crippen LogP contribution is -2.52. The highest BCUT2D eigenvalue weighted by Gasteiger charge is 2.27. The molecular weight excluding hydrogens is 236 g/mol. The van der Waals surface area contributed by atoms with E-state index in [9.17, 15) is 14.7 Å². The quantitative estimate of drug-likeness (QED) is 0.567. The van der Waals surface area contributed by atoms with Gasteiger partial charge in [0, 0.05) is 6.54 Å². The van der Waals surface area contributed by atoms with Crippen LogP contribution < -0.4 is 10.6 Å². The van der Waals surface area contributed by atoms with Gasteiger partial charge in [-0.3, -0.25) is 0 Å². The number of carbonyl (C=O) groups excluding carboxylic acids is 1. The summed E-state index contributed by atoms with van der Waals surface area (Å²) in [6.07, 6.45) is -1.15. The molecule has 0 aromatic heterocycles. The van der Waals surface area contributed by atoms with E-state index in [0.717, 1.165) is 0 Å². The first-order chi connectivity index (χ1) is 8.08. The van der Waals surface area contributed by atoms with E-state index in [-0.39, 0.29) is 5.41 Å². The summed E-state index contributed by atoms with van der Waals surface area (Å²) in [5, 5.41) is 22.9. The number of carboxylic acids is 1. The molecule has 0 radical (unpaired) electrons. The maximum Gasteiger partial charge on any atom is 0.328 e. The number of hydrogen-bond donors (Lipinski definition) is 4. The van der Waals surface area contributed by atoms with E-state index in [4.69, 9.17) is 5.11 Å². The van der Waals surface area contributed by atoms with E-state index < -0.39 is 24.1 Å². The standard InChI is InChI=1S/C12H24N2O4/c1-7(2)12(4,5)6-13-11(18)14-9(8(3)15)10(16)17/h7-9,15H,6H2,1-5H3,(H,16,17)(H2,13,14,18)/t8-,9+/m1/s1. The Morgan fingerprint density at radius 1 is 1.22 bits per heavy atom. The van der Waals surface area contributed by atoms with Gasteiger partial charge in [-0.05, 0) is 18.3 Å². The number of rotatable bonds is 6. The molecule has 4 N–H and O–H groups in total. The molecule has 6 nitrogen and oxygen atoms in total. The molecule has 106 valence electrons. The van der Waals surface area contributed by atoms with Crippen LogP contribution >= 0.6 is 0 Å². The SMILES string of the molecule is CC(C)C(C)(C)CNC(=O)N[C@H](C(=O)O)[C@@H](C)O. The molecule has 0 saturated heterocycles. The third kappa shape index (κ3) is 5.35. The molecule has 0 aliphatic heterocycles. The molecule has 2 amide bonds. The second-order valence-electron chi connectivity index (χ2n) is 5.53. The fraction of sp³-hybridized carbons (Fsp3) is 0.833. The molecular formula is C12H24N2O4. The Hall–Kier alpha value is -1.30. The zero-order valence-electron chi connectivity index (χ0n) is 11.7. The second kappa shape index (κ2) is 6.58. The van der Waals surface area contributed by atoms with Gasteiger partial charge in [0.1, 0.15) is 0 Å². The number of amides is 2. The molecule has 0 unspecified atom stereocenters. The zero-order valence-corrected chi connectivity index (χ0v) is 11.7. The highest BCUT2D eigenvalue weighted by atomic mass is 16.4. The van der Waals surface area contributed by atoms with Crippen LogP contribution in [0.15, 0.2) is 0 Å². The molecule has 0 rings (SSSR count). The van der Waals surface area contributed by atoms with Gasteiger partial charge >= 0.3 is 12.0 Å². The lowest BCUT2D eigenvalue weighted by atomic mass is 9.81. The topological polar surface area (TPSA) is 98.7 Å². The molecule has 0 heterocycles. The van der Waals surface area contributed by atoms with Gasteiger partial charge in [0.25, 0.3) is 0 Å². The summed E-state index contributed by atoms with van der Waals surface area (Å²) in [5.74, 6) is -0.881.